The molecule has 0 saturated heterocycles. The largest absolute Gasteiger partial charge is 0.325 e. The van der Waals surface area contributed by atoms with Crippen LogP contribution in [-0.4, -0.2) is 15.0 Å². The lowest BCUT2D eigenvalue weighted by molar-refractivity contribution is 0.537. The number of hydrogen-bond acceptors (Lipinski definition) is 3. The highest BCUT2D eigenvalue weighted by Crippen LogP contribution is 2.28. The van der Waals surface area contributed by atoms with Crippen molar-refractivity contribution in [1.29, 1.82) is 0 Å². The zero-order chi connectivity index (χ0) is 14.2. The molecular formula is C13H16ClFN4. The van der Waals surface area contributed by atoms with Crippen LogP contribution in [-0.2, 0) is 12.0 Å². The molecule has 0 bridgehead atoms. The van der Waals surface area contributed by atoms with Crippen molar-refractivity contribution in [3.8, 4) is 5.69 Å². The number of halogens is 2. The van der Waals surface area contributed by atoms with Gasteiger partial charge in [-0.3, -0.25) is 0 Å². The normalized spacial score (nSPS) is 11.9. The topological polar surface area (TPSA) is 56.7 Å². The molecule has 0 aliphatic rings. The third kappa shape index (κ3) is 2.62. The fourth-order valence-electron chi connectivity index (χ4n) is 2.00. The van der Waals surface area contributed by atoms with Gasteiger partial charge in [-0.2, -0.15) is 0 Å². The van der Waals surface area contributed by atoms with Gasteiger partial charge in [0.1, 0.15) is 11.5 Å². The lowest BCUT2D eigenvalue weighted by Gasteiger charge is -2.21. The minimum Gasteiger partial charge on any atom is -0.325 e. The summed E-state index contributed by atoms with van der Waals surface area (Å²) in [5, 5.41) is 8.24. The fourth-order valence-corrected chi connectivity index (χ4v) is 2.17. The molecule has 19 heavy (non-hydrogen) atoms. The second-order valence-electron chi connectivity index (χ2n) is 5.35. The molecule has 4 nitrogen and oxygen atoms in total. The third-order valence-electron chi connectivity index (χ3n) is 2.79. The quantitative estimate of drug-likeness (QED) is 0.921. The molecule has 0 radical (unpaired) electrons. The molecule has 2 N–H and O–H groups in total. The molecule has 0 unspecified atom stereocenters. The number of nitrogens with two attached hydrogens (primary N) is 1. The van der Waals surface area contributed by atoms with Crippen LogP contribution in [0.25, 0.3) is 5.69 Å². The van der Waals surface area contributed by atoms with Crippen molar-refractivity contribution in [3.63, 3.8) is 0 Å². The lowest BCUT2D eigenvalue weighted by atomic mass is 9.90. The SMILES string of the molecule is CC(C)(C)c1c(CN)nnn1-c1ccc(F)c(Cl)c1. The summed E-state index contributed by atoms with van der Waals surface area (Å²) >= 11 is 5.81. The molecule has 0 atom stereocenters. The van der Waals surface area contributed by atoms with Crippen LogP contribution < -0.4 is 5.73 Å². The molecule has 2 rings (SSSR count). The van der Waals surface area contributed by atoms with Gasteiger partial charge in [-0.15, -0.1) is 5.10 Å². The number of benzene rings is 1. The molecule has 0 aliphatic heterocycles. The molecular weight excluding hydrogens is 267 g/mol. The average molecular weight is 283 g/mol. The molecule has 0 spiro atoms. The van der Waals surface area contributed by atoms with Gasteiger partial charge in [0, 0.05) is 12.0 Å². The van der Waals surface area contributed by atoms with Crippen LogP contribution >= 0.6 is 11.6 Å². The molecule has 1 heterocycles. The van der Waals surface area contributed by atoms with Crippen molar-refractivity contribution in [2.24, 2.45) is 5.73 Å². The van der Waals surface area contributed by atoms with E-state index in [0.29, 0.717) is 12.2 Å². The first-order chi connectivity index (χ1) is 8.84. The van der Waals surface area contributed by atoms with E-state index in [4.69, 9.17) is 17.3 Å². The average Bonchev–Trinajstić information content (AvgIpc) is 2.76. The standard InChI is InChI=1S/C13H16ClFN4/c1-13(2,3)12-11(7-16)17-18-19(12)8-4-5-10(15)9(14)6-8/h4-6H,7,16H2,1-3H3. The van der Waals surface area contributed by atoms with Crippen molar-refractivity contribution in [1.82, 2.24) is 15.0 Å². The number of nitrogens with zero attached hydrogens (tertiary/aromatic N) is 3. The van der Waals surface area contributed by atoms with Gasteiger partial charge in [0.25, 0.3) is 0 Å². The molecule has 1 aromatic heterocycles. The first-order valence-electron chi connectivity index (χ1n) is 5.95. The summed E-state index contributed by atoms with van der Waals surface area (Å²) in [5.74, 6) is -0.457. The van der Waals surface area contributed by atoms with Crippen LogP contribution in [0.4, 0.5) is 4.39 Å². The summed E-state index contributed by atoms with van der Waals surface area (Å²) in [4.78, 5) is 0. The summed E-state index contributed by atoms with van der Waals surface area (Å²) in [6.45, 7) is 6.45. The third-order valence-corrected chi connectivity index (χ3v) is 3.08. The Balaban J connectivity index is 2.62. The highest BCUT2D eigenvalue weighted by Gasteiger charge is 2.25. The van der Waals surface area contributed by atoms with Gasteiger partial charge < -0.3 is 5.73 Å². The lowest BCUT2D eigenvalue weighted by Crippen LogP contribution is -2.20. The van der Waals surface area contributed by atoms with Crippen molar-refractivity contribution in [2.75, 3.05) is 0 Å². The Morgan fingerprint density at radius 1 is 1.37 bits per heavy atom. The van der Waals surface area contributed by atoms with E-state index in [2.05, 4.69) is 10.3 Å². The second-order valence-corrected chi connectivity index (χ2v) is 5.76. The van der Waals surface area contributed by atoms with Crippen LogP contribution in [0.5, 0.6) is 0 Å². The van der Waals surface area contributed by atoms with Crippen molar-refractivity contribution in [2.45, 2.75) is 32.7 Å². The van der Waals surface area contributed by atoms with E-state index in [1.165, 1.54) is 12.1 Å². The zero-order valence-corrected chi connectivity index (χ0v) is 11.9. The van der Waals surface area contributed by atoms with E-state index in [0.717, 1.165) is 11.4 Å². The second kappa shape index (κ2) is 4.90. The fraction of sp³-hybridized carbons (Fsp3) is 0.385. The van der Waals surface area contributed by atoms with Crippen LogP contribution in [0.3, 0.4) is 0 Å². The minimum absolute atomic E-state index is 0.0576. The Morgan fingerprint density at radius 3 is 2.58 bits per heavy atom. The molecule has 0 aliphatic carbocycles. The maximum Gasteiger partial charge on any atom is 0.141 e. The first kappa shape index (κ1) is 14.0. The van der Waals surface area contributed by atoms with Gasteiger partial charge in [-0.25, -0.2) is 9.07 Å². The monoisotopic (exact) mass is 282 g/mol. The van der Waals surface area contributed by atoms with Gasteiger partial charge in [0.2, 0.25) is 0 Å². The molecule has 0 fully saturated rings. The molecule has 6 heteroatoms. The Hall–Kier alpha value is -1.46. The number of aromatic nitrogens is 3. The molecule has 102 valence electrons. The Morgan fingerprint density at radius 2 is 2.05 bits per heavy atom. The first-order valence-corrected chi connectivity index (χ1v) is 6.33. The van der Waals surface area contributed by atoms with E-state index in [1.807, 2.05) is 20.8 Å². The van der Waals surface area contributed by atoms with Gasteiger partial charge in [-0.05, 0) is 18.2 Å². The van der Waals surface area contributed by atoms with Crippen LogP contribution in [0.2, 0.25) is 5.02 Å². The van der Waals surface area contributed by atoms with Gasteiger partial charge in [0.15, 0.2) is 0 Å². The van der Waals surface area contributed by atoms with E-state index >= 15 is 0 Å². The Labute approximate surface area is 116 Å². The van der Waals surface area contributed by atoms with Crippen molar-refractivity contribution >= 4 is 11.6 Å². The molecule has 2 aromatic rings. The maximum atomic E-state index is 13.2. The van der Waals surface area contributed by atoms with Crippen molar-refractivity contribution < 1.29 is 4.39 Å². The predicted octanol–water partition coefficient (Wildman–Crippen LogP) is 2.82. The summed E-state index contributed by atoms with van der Waals surface area (Å²) < 4.78 is 14.9. The molecule has 0 amide bonds. The van der Waals surface area contributed by atoms with Crippen LogP contribution in [0.1, 0.15) is 32.2 Å². The maximum absolute atomic E-state index is 13.2. The van der Waals surface area contributed by atoms with E-state index in [9.17, 15) is 4.39 Å². The van der Waals surface area contributed by atoms with E-state index in [-0.39, 0.29) is 10.4 Å². The number of hydrogen-bond donors (Lipinski definition) is 1. The van der Waals surface area contributed by atoms with E-state index in [1.54, 1.807) is 10.7 Å². The zero-order valence-electron chi connectivity index (χ0n) is 11.1. The molecule has 0 saturated carbocycles. The van der Waals surface area contributed by atoms with Gasteiger partial charge >= 0.3 is 0 Å². The summed E-state index contributed by atoms with van der Waals surface area (Å²) in [7, 11) is 0. The minimum atomic E-state index is -0.457. The smallest absolute Gasteiger partial charge is 0.141 e. The molecule has 1 aromatic carbocycles. The van der Waals surface area contributed by atoms with Gasteiger partial charge in [0.05, 0.1) is 16.4 Å². The van der Waals surface area contributed by atoms with Crippen LogP contribution in [0, 0.1) is 5.82 Å². The highest BCUT2D eigenvalue weighted by molar-refractivity contribution is 6.30. The summed E-state index contributed by atoms with van der Waals surface area (Å²) in [6.07, 6.45) is 0. The Kier molecular flexibility index (Phi) is 3.60. The van der Waals surface area contributed by atoms with E-state index < -0.39 is 5.82 Å². The predicted molar refractivity (Wildman–Crippen MR) is 72.9 cm³/mol. The number of rotatable bonds is 2. The van der Waals surface area contributed by atoms with Gasteiger partial charge in [-0.1, -0.05) is 37.6 Å². The Bertz CT molecular complexity index is 601. The highest BCUT2D eigenvalue weighted by atomic mass is 35.5. The van der Waals surface area contributed by atoms with Crippen LogP contribution in [0.15, 0.2) is 18.2 Å². The summed E-state index contributed by atoms with van der Waals surface area (Å²) in [6, 6.07) is 4.46. The summed E-state index contributed by atoms with van der Waals surface area (Å²) in [5.41, 5.74) is 7.81. The van der Waals surface area contributed by atoms with Crippen molar-refractivity contribution in [3.05, 3.63) is 40.4 Å².